The van der Waals surface area contributed by atoms with Gasteiger partial charge in [-0.3, -0.25) is 9.69 Å². The first-order valence-electron chi connectivity index (χ1n) is 9.58. The zero-order chi connectivity index (χ0) is 21.7. The topological polar surface area (TPSA) is 95.1 Å². The number of aromatic nitrogens is 1. The molecule has 1 aliphatic rings. The average Bonchev–Trinajstić information content (AvgIpc) is 3.15. The fourth-order valence-corrected chi connectivity index (χ4v) is 5.02. The number of carbonyl (C=O) groups is 1. The van der Waals surface area contributed by atoms with Crippen LogP contribution in [0, 0.1) is 0 Å². The molecular formula is C19H27N5O4S2. The molecule has 11 heteroatoms. The van der Waals surface area contributed by atoms with E-state index in [-0.39, 0.29) is 23.1 Å². The van der Waals surface area contributed by atoms with Crippen LogP contribution in [0.5, 0.6) is 5.75 Å². The van der Waals surface area contributed by atoms with E-state index in [1.165, 1.54) is 27.3 Å². The van der Waals surface area contributed by atoms with E-state index in [0.29, 0.717) is 5.69 Å². The summed E-state index contributed by atoms with van der Waals surface area (Å²) in [6.45, 7) is 3.55. The number of thiazole rings is 1. The fraction of sp³-hybridized carbons (Fsp3) is 0.474. The van der Waals surface area contributed by atoms with Gasteiger partial charge in [-0.25, -0.2) is 17.7 Å². The predicted molar refractivity (Wildman–Crippen MR) is 118 cm³/mol. The van der Waals surface area contributed by atoms with Gasteiger partial charge in [-0.15, -0.1) is 11.3 Å². The summed E-state index contributed by atoms with van der Waals surface area (Å²) in [5.74, 6) is 0.0487. The number of hydrogen-bond donors (Lipinski definition) is 1. The van der Waals surface area contributed by atoms with Gasteiger partial charge in [0, 0.05) is 57.5 Å². The van der Waals surface area contributed by atoms with Crippen LogP contribution in [-0.4, -0.2) is 82.4 Å². The van der Waals surface area contributed by atoms with Gasteiger partial charge >= 0.3 is 0 Å². The Kier molecular flexibility index (Phi) is 7.29. The molecule has 3 rings (SSSR count). The zero-order valence-corrected chi connectivity index (χ0v) is 19.0. The summed E-state index contributed by atoms with van der Waals surface area (Å²) in [4.78, 5) is 21.3. The van der Waals surface area contributed by atoms with Crippen molar-refractivity contribution in [2.45, 2.75) is 11.3 Å². The van der Waals surface area contributed by atoms with Crippen LogP contribution in [0.1, 0.15) is 6.42 Å². The number of ether oxygens (including phenoxy) is 1. The Morgan fingerprint density at radius 2 is 2.07 bits per heavy atom. The Balaban J connectivity index is 1.63. The van der Waals surface area contributed by atoms with E-state index in [0.717, 1.165) is 42.0 Å². The Bertz CT molecular complexity index is 963. The molecular weight excluding hydrogens is 426 g/mol. The molecule has 0 radical (unpaired) electrons. The minimum absolute atomic E-state index is 0.0154. The molecule has 0 unspecified atom stereocenters. The number of rotatable bonds is 7. The molecule has 2 aromatic rings. The predicted octanol–water partition coefficient (Wildman–Crippen LogP) is 1.55. The molecule has 0 atom stereocenters. The van der Waals surface area contributed by atoms with Crippen LogP contribution in [0.25, 0.3) is 0 Å². The Morgan fingerprint density at radius 1 is 1.27 bits per heavy atom. The number of nitrogens with zero attached hydrogens (tertiary/aromatic N) is 4. The zero-order valence-electron chi connectivity index (χ0n) is 17.4. The number of anilines is 2. The van der Waals surface area contributed by atoms with Crippen molar-refractivity contribution in [1.29, 1.82) is 0 Å². The Labute approximate surface area is 181 Å². The van der Waals surface area contributed by atoms with E-state index in [4.69, 9.17) is 4.74 Å². The van der Waals surface area contributed by atoms with Crippen molar-refractivity contribution in [3.63, 3.8) is 0 Å². The van der Waals surface area contributed by atoms with Crippen molar-refractivity contribution in [3.05, 3.63) is 29.8 Å². The Morgan fingerprint density at radius 3 is 2.73 bits per heavy atom. The first-order valence-corrected chi connectivity index (χ1v) is 11.9. The van der Waals surface area contributed by atoms with E-state index in [2.05, 4.69) is 20.1 Å². The number of nitrogens with one attached hydrogen (secondary N) is 1. The van der Waals surface area contributed by atoms with Crippen LogP contribution in [0.4, 0.5) is 10.8 Å². The van der Waals surface area contributed by atoms with Crippen molar-refractivity contribution in [2.75, 3.05) is 64.1 Å². The van der Waals surface area contributed by atoms with Gasteiger partial charge in [-0.1, -0.05) is 0 Å². The summed E-state index contributed by atoms with van der Waals surface area (Å²) in [6.07, 6.45) is 2.75. The van der Waals surface area contributed by atoms with Gasteiger partial charge in [-0.2, -0.15) is 0 Å². The lowest BCUT2D eigenvalue weighted by Crippen LogP contribution is -2.36. The van der Waals surface area contributed by atoms with E-state index in [1.807, 2.05) is 5.38 Å². The molecule has 9 nitrogen and oxygen atoms in total. The minimum Gasteiger partial charge on any atom is -0.495 e. The van der Waals surface area contributed by atoms with Crippen molar-refractivity contribution >= 4 is 38.1 Å². The number of benzene rings is 1. The van der Waals surface area contributed by atoms with E-state index < -0.39 is 10.0 Å². The normalized spacial score (nSPS) is 15.8. The summed E-state index contributed by atoms with van der Waals surface area (Å²) in [6, 6.07) is 4.61. The van der Waals surface area contributed by atoms with Crippen LogP contribution in [0.2, 0.25) is 0 Å². The second kappa shape index (κ2) is 9.73. The maximum Gasteiger partial charge on any atom is 0.246 e. The number of sulfonamides is 1. The highest BCUT2D eigenvalue weighted by molar-refractivity contribution is 7.89. The summed E-state index contributed by atoms with van der Waals surface area (Å²) in [5.41, 5.74) is 0.417. The maximum absolute atomic E-state index is 12.6. The lowest BCUT2D eigenvalue weighted by Gasteiger charge is -2.21. The van der Waals surface area contributed by atoms with Crippen molar-refractivity contribution < 1.29 is 17.9 Å². The highest BCUT2D eigenvalue weighted by Crippen LogP contribution is 2.29. The molecule has 1 aromatic heterocycles. The smallest absolute Gasteiger partial charge is 0.246 e. The van der Waals surface area contributed by atoms with Crippen LogP contribution in [0.15, 0.2) is 34.7 Å². The lowest BCUT2D eigenvalue weighted by molar-refractivity contribution is -0.117. The molecule has 1 aliphatic heterocycles. The van der Waals surface area contributed by atoms with E-state index in [1.54, 1.807) is 29.7 Å². The number of hydrogen-bond acceptors (Lipinski definition) is 8. The highest BCUT2D eigenvalue weighted by Gasteiger charge is 2.23. The molecule has 1 amide bonds. The van der Waals surface area contributed by atoms with Crippen molar-refractivity contribution in [3.8, 4) is 5.75 Å². The summed E-state index contributed by atoms with van der Waals surface area (Å²) < 4.78 is 31.4. The first-order chi connectivity index (χ1) is 14.3. The first kappa shape index (κ1) is 22.5. The molecule has 0 bridgehead atoms. The molecule has 0 spiro atoms. The van der Waals surface area contributed by atoms with Crippen LogP contribution >= 0.6 is 11.3 Å². The largest absolute Gasteiger partial charge is 0.495 e. The highest BCUT2D eigenvalue weighted by atomic mass is 32.2. The molecule has 1 saturated heterocycles. The summed E-state index contributed by atoms with van der Waals surface area (Å²) in [5, 5.41) is 5.78. The Hall–Kier alpha value is -2.21. The van der Waals surface area contributed by atoms with E-state index >= 15 is 0 Å². The quantitative estimate of drug-likeness (QED) is 0.680. The third-order valence-electron chi connectivity index (χ3n) is 4.85. The number of methoxy groups -OCH3 is 1. The number of amides is 1. The molecule has 2 heterocycles. The van der Waals surface area contributed by atoms with Crippen LogP contribution in [0.3, 0.4) is 0 Å². The number of carbonyl (C=O) groups excluding carboxylic acids is 1. The molecule has 30 heavy (non-hydrogen) atoms. The van der Waals surface area contributed by atoms with Crippen molar-refractivity contribution in [2.24, 2.45) is 0 Å². The second-order valence-corrected chi connectivity index (χ2v) is 10.1. The monoisotopic (exact) mass is 453 g/mol. The SMILES string of the molecule is COc1ccc(NC(=O)CN2CCCN(c3nccs3)CC2)cc1S(=O)(=O)N(C)C. The molecule has 0 saturated carbocycles. The van der Waals surface area contributed by atoms with Gasteiger partial charge in [0.15, 0.2) is 5.13 Å². The third-order valence-corrected chi connectivity index (χ3v) is 7.52. The maximum atomic E-state index is 12.6. The van der Waals surface area contributed by atoms with Crippen LogP contribution < -0.4 is 15.0 Å². The molecule has 164 valence electrons. The molecule has 1 fully saturated rings. The standard InChI is InChI=1S/C19H27N5O4S2/c1-22(2)30(26,27)17-13-15(5-6-16(17)28-3)21-18(25)14-23-8-4-9-24(11-10-23)19-20-7-12-29-19/h5-7,12-13H,4,8-11,14H2,1-3H3,(H,21,25). The van der Waals surface area contributed by atoms with E-state index in [9.17, 15) is 13.2 Å². The average molecular weight is 454 g/mol. The molecule has 1 aromatic carbocycles. The minimum atomic E-state index is -3.70. The third kappa shape index (κ3) is 5.28. The van der Waals surface area contributed by atoms with Gasteiger partial charge in [0.1, 0.15) is 10.6 Å². The van der Waals surface area contributed by atoms with Crippen LogP contribution in [-0.2, 0) is 14.8 Å². The van der Waals surface area contributed by atoms with Gasteiger partial charge in [-0.05, 0) is 24.6 Å². The van der Waals surface area contributed by atoms with Gasteiger partial charge < -0.3 is 15.0 Å². The van der Waals surface area contributed by atoms with Gasteiger partial charge in [0.2, 0.25) is 15.9 Å². The van der Waals surface area contributed by atoms with Crippen molar-refractivity contribution in [1.82, 2.24) is 14.2 Å². The summed E-state index contributed by atoms with van der Waals surface area (Å²) >= 11 is 1.62. The molecule has 1 N–H and O–H groups in total. The van der Waals surface area contributed by atoms with Gasteiger partial charge in [0.25, 0.3) is 0 Å². The van der Waals surface area contributed by atoms with Gasteiger partial charge in [0.05, 0.1) is 13.7 Å². The molecule has 0 aliphatic carbocycles. The summed E-state index contributed by atoms with van der Waals surface area (Å²) in [7, 11) is 0.617. The lowest BCUT2D eigenvalue weighted by atomic mass is 10.3. The fourth-order valence-electron chi connectivity index (χ4n) is 3.25. The second-order valence-electron chi connectivity index (χ2n) is 7.13.